The van der Waals surface area contributed by atoms with Crippen molar-refractivity contribution in [3.8, 4) is 0 Å². The molecule has 0 spiro atoms. The third-order valence-corrected chi connectivity index (χ3v) is 13.2. The molecule has 0 saturated carbocycles. The summed E-state index contributed by atoms with van der Waals surface area (Å²) in [5, 5.41) is 54.6. The lowest BCUT2D eigenvalue weighted by atomic mass is 9.99. The molecule has 7 atom stereocenters. The summed E-state index contributed by atoms with van der Waals surface area (Å²) in [5.74, 6) is -0.153. The molecule has 0 radical (unpaired) electrons. The molecule has 9 heteroatoms. The number of ether oxygens (including phenoxy) is 2. The van der Waals surface area contributed by atoms with Crippen molar-refractivity contribution in [1.82, 2.24) is 5.32 Å². The topological polar surface area (TPSA) is 149 Å². The van der Waals surface area contributed by atoms with E-state index in [0.717, 1.165) is 96.3 Å². The van der Waals surface area contributed by atoms with E-state index in [0.29, 0.717) is 12.8 Å². The van der Waals surface area contributed by atoms with Crippen molar-refractivity contribution >= 4 is 5.91 Å². The number of hydrogen-bond donors (Lipinski definition) is 6. The third-order valence-electron chi connectivity index (χ3n) is 13.2. The number of aliphatic hydroxyl groups excluding tert-OH is 5. The average molecular weight is 995 g/mol. The quantitative estimate of drug-likeness (QED) is 0.0261. The fourth-order valence-corrected chi connectivity index (χ4v) is 8.65. The van der Waals surface area contributed by atoms with Crippen LogP contribution in [0.25, 0.3) is 0 Å². The Balaban J connectivity index is 2.15. The summed E-state index contributed by atoms with van der Waals surface area (Å²) in [5.41, 5.74) is 0. The predicted molar refractivity (Wildman–Crippen MR) is 299 cm³/mol. The predicted octanol–water partition coefficient (Wildman–Crippen LogP) is 14.4. The first-order valence-electron chi connectivity index (χ1n) is 28.9. The number of unbranched alkanes of at least 4 members (excludes halogenated alkanes) is 22. The second-order valence-electron chi connectivity index (χ2n) is 19.7. The van der Waals surface area contributed by atoms with Gasteiger partial charge in [0.2, 0.25) is 5.91 Å². The minimum absolute atomic E-state index is 0.144. The van der Waals surface area contributed by atoms with Crippen molar-refractivity contribution in [3.63, 3.8) is 0 Å². The summed E-state index contributed by atoms with van der Waals surface area (Å²) in [7, 11) is 0. The number of aliphatic hydroxyl groups is 5. The standard InChI is InChI=1S/C62H107NO8/c1-3-5-7-9-11-13-15-17-18-19-20-21-22-23-24-25-26-27-28-29-30-31-32-33-34-35-36-37-38-40-42-44-46-48-50-52-58(66)63-55(54-70-62-61(69)60(68)59(67)57(53-64)71-62)56(65)51-49-47-45-43-41-39-16-14-12-10-8-6-4-2/h5,7,11,13,17-18,20-21,23-24,26-27,29-30,32-33,55-57,59-62,64-65,67-69H,3-4,6,8-10,12,14-16,19,22,25,28,31,34-54H2,1-2H3,(H,63,66)/b7-5-,13-11-,18-17-,21-20-,24-23-,27-26-,30-29-,33-32-. The van der Waals surface area contributed by atoms with Crippen LogP contribution in [-0.4, -0.2) is 87.5 Å². The molecule has 7 unspecified atom stereocenters. The first-order valence-corrected chi connectivity index (χ1v) is 28.9. The van der Waals surface area contributed by atoms with Crippen LogP contribution in [0.5, 0.6) is 0 Å². The minimum Gasteiger partial charge on any atom is -0.394 e. The van der Waals surface area contributed by atoms with Crippen molar-refractivity contribution in [2.75, 3.05) is 13.2 Å². The number of carbonyl (C=O) groups is 1. The van der Waals surface area contributed by atoms with E-state index in [2.05, 4.69) is 116 Å². The van der Waals surface area contributed by atoms with Gasteiger partial charge < -0.3 is 40.3 Å². The van der Waals surface area contributed by atoms with E-state index in [1.165, 1.54) is 109 Å². The Morgan fingerprint density at radius 3 is 1.30 bits per heavy atom. The van der Waals surface area contributed by atoms with Gasteiger partial charge >= 0.3 is 0 Å². The summed E-state index contributed by atoms with van der Waals surface area (Å²) in [6, 6.07) is -0.726. The van der Waals surface area contributed by atoms with Gasteiger partial charge in [-0.15, -0.1) is 0 Å². The van der Waals surface area contributed by atoms with Gasteiger partial charge in [-0.3, -0.25) is 4.79 Å². The second-order valence-corrected chi connectivity index (χ2v) is 19.7. The largest absolute Gasteiger partial charge is 0.394 e. The molecule has 408 valence electrons. The van der Waals surface area contributed by atoms with E-state index in [9.17, 15) is 30.3 Å². The molecule has 0 bridgehead atoms. The minimum atomic E-state index is -1.56. The molecule has 1 rings (SSSR count). The molecule has 1 amide bonds. The molecular formula is C62H107NO8. The molecule has 6 N–H and O–H groups in total. The number of carbonyl (C=O) groups excluding carboxylic acids is 1. The molecule has 71 heavy (non-hydrogen) atoms. The molecule has 0 aromatic carbocycles. The summed E-state index contributed by atoms with van der Waals surface area (Å²) < 4.78 is 11.3. The number of nitrogens with one attached hydrogen (secondary N) is 1. The Labute approximate surface area is 434 Å². The summed E-state index contributed by atoms with van der Waals surface area (Å²) in [4.78, 5) is 13.1. The Bertz CT molecular complexity index is 1430. The maximum atomic E-state index is 13.1. The van der Waals surface area contributed by atoms with E-state index < -0.39 is 49.5 Å². The smallest absolute Gasteiger partial charge is 0.220 e. The zero-order valence-electron chi connectivity index (χ0n) is 45.2. The van der Waals surface area contributed by atoms with E-state index in [4.69, 9.17) is 9.47 Å². The second kappa shape index (κ2) is 50.6. The molecule has 0 aliphatic carbocycles. The van der Waals surface area contributed by atoms with Crippen LogP contribution in [0.4, 0.5) is 0 Å². The Morgan fingerprint density at radius 1 is 0.493 bits per heavy atom. The normalized spacial score (nSPS) is 20.0. The van der Waals surface area contributed by atoms with Crippen molar-refractivity contribution in [3.05, 3.63) is 97.2 Å². The van der Waals surface area contributed by atoms with E-state index in [1.54, 1.807) is 0 Å². The van der Waals surface area contributed by atoms with Gasteiger partial charge in [-0.05, 0) is 77.0 Å². The van der Waals surface area contributed by atoms with Crippen molar-refractivity contribution in [2.24, 2.45) is 0 Å². The molecule has 1 saturated heterocycles. The Hall–Kier alpha value is -2.89. The lowest BCUT2D eigenvalue weighted by molar-refractivity contribution is -0.302. The first kappa shape index (κ1) is 66.1. The molecule has 1 aliphatic heterocycles. The van der Waals surface area contributed by atoms with Crippen molar-refractivity contribution in [2.45, 2.75) is 275 Å². The molecular weight excluding hydrogens is 887 g/mol. The summed E-state index contributed by atoms with van der Waals surface area (Å²) in [6.07, 6.45) is 65.8. The van der Waals surface area contributed by atoms with Gasteiger partial charge in [-0.2, -0.15) is 0 Å². The highest BCUT2D eigenvalue weighted by molar-refractivity contribution is 5.76. The highest BCUT2D eigenvalue weighted by Gasteiger charge is 2.44. The van der Waals surface area contributed by atoms with Gasteiger partial charge in [0.05, 0.1) is 25.4 Å². The lowest BCUT2D eigenvalue weighted by Gasteiger charge is -2.40. The van der Waals surface area contributed by atoms with Gasteiger partial charge in [-0.25, -0.2) is 0 Å². The highest BCUT2D eigenvalue weighted by atomic mass is 16.7. The molecule has 1 aliphatic rings. The van der Waals surface area contributed by atoms with Crippen LogP contribution in [-0.2, 0) is 14.3 Å². The van der Waals surface area contributed by atoms with Crippen LogP contribution < -0.4 is 5.32 Å². The SMILES string of the molecule is CC/C=C\C/C=C\C/C=C\C/C=C\C/C=C\C/C=C\C/C=C\C/C=C\CCCCCCCCCCCCC(=O)NC(COC1OC(CO)C(O)C(O)C1O)C(O)CCCCCCCCCCCCCCC. The number of amides is 1. The molecule has 0 aromatic rings. The van der Waals surface area contributed by atoms with E-state index in [-0.39, 0.29) is 12.5 Å². The van der Waals surface area contributed by atoms with Crippen molar-refractivity contribution < 1.29 is 39.8 Å². The van der Waals surface area contributed by atoms with Crippen LogP contribution in [0.1, 0.15) is 232 Å². The van der Waals surface area contributed by atoms with Gasteiger partial charge in [0.25, 0.3) is 0 Å². The maximum Gasteiger partial charge on any atom is 0.220 e. The van der Waals surface area contributed by atoms with Gasteiger partial charge in [-0.1, -0.05) is 246 Å². The Kier molecular flexibility index (Phi) is 47.2. The van der Waals surface area contributed by atoms with Crippen LogP contribution in [0, 0.1) is 0 Å². The average Bonchev–Trinajstić information content (AvgIpc) is 3.37. The summed E-state index contributed by atoms with van der Waals surface area (Å²) >= 11 is 0. The number of rotatable bonds is 48. The highest BCUT2D eigenvalue weighted by Crippen LogP contribution is 2.23. The molecule has 1 fully saturated rings. The molecule has 1 heterocycles. The lowest BCUT2D eigenvalue weighted by Crippen LogP contribution is -2.60. The Morgan fingerprint density at radius 2 is 0.873 bits per heavy atom. The van der Waals surface area contributed by atoms with Crippen LogP contribution in [0.3, 0.4) is 0 Å². The monoisotopic (exact) mass is 994 g/mol. The first-order chi connectivity index (χ1) is 34.8. The van der Waals surface area contributed by atoms with Gasteiger partial charge in [0.1, 0.15) is 24.4 Å². The van der Waals surface area contributed by atoms with E-state index in [1.807, 2.05) is 0 Å². The summed E-state index contributed by atoms with van der Waals surface area (Å²) in [6.45, 7) is 3.71. The third kappa shape index (κ3) is 40.2. The van der Waals surface area contributed by atoms with Crippen LogP contribution >= 0.6 is 0 Å². The molecule has 9 nitrogen and oxygen atoms in total. The van der Waals surface area contributed by atoms with Crippen LogP contribution in [0.2, 0.25) is 0 Å². The fraction of sp³-hybridized carbons (Fsp3) is 0.726. The van der Waals surface area contributed by atoms with Gasteiger partial charge in [0.15, 0.2) is 6.29 Å². The maximum absolute atomic E-state index is 13.1. The fourth-order valence-electron chi connectivity index (χ4n) is 8.65. The van der Waals surface area contributed by atoms with Crippen LogP contribution in [0.15, 0.2) is 97.2 Å². The van der Waals surface area contributed by atoms with E-state index >= 15 is 0 Å². The van der Waals surface area contributed by atoms with Crippen molar-refractivity contribution in [1.29, 1.82) is 0 Å². The zero-order valence-corrected chi connectivity index (χ0v) is 45.2. The number of hydrogen-bond acceptors (Lipinski definition) is 8. The zero-order chi connectivity index (χ0) is 51.5. The van der Waals surface area contributed by atoms with Gasteiger partial charge in [0, 0.05) is 6.42 Å². The molecule has 0 aromatic heterocycles. The number of allylic oxidation sites excluding steroid dienone is 16.